The molecule has 0 aromatic heterocycles. The first-order valence-corrected chi connectivity index (χ1v) is 5.67. The normalized spacial score (nSPS) is 10.9. The van der Waals surface area contributed by atoms with E-state index < -0.39 is 0 Å². The van der Waals surface area contributed by atoms with Gasteiger partial charge in [-0.25, -0.2) is 0 Å². The highest BCUT2D eigenvalue weighted by Crippen LogP contribution is 2.06. The molecule has 0 heterocycles. The van der Waals surface area contributed by atoms with E-state index in [-0.39, 0.29) is 0 Å². The van der Waals surface area contributed by atoms with Crippen molar-refractivity contribution in [1.29, 1.82) is 0 Å². The van der Waals surface area contributed by atoms with Crippen LogP contribution in [-0.2, 0) is 4.74 Å². The molecule has 0 saturated carbocycles. The Morgan fingerprint density at radius 2 is 2.09 bits per heavy atom. The maximum Gasteiger partial charge on any atom is 0.0602 e. The molecule has 3 heteroatoms. The second-order valence-corrected chi connectivity index (χ2v) is 4.30. The quantitative estimate of drug-likeness (QED) is 0.458. The smallest absolute Gasteiger partial charge is 0.0602 e. The minimum absolute atomic E-state index is 0.606. The molecule has 0 bridgehead atoms. The van der Waals surface area contributed by atoms with Crippen molar-refractivity contribution in [3.8, 4) is 0 Å². The maximum atomic E-state index is 5.43. The second-order valence-electron chi connectivity index (χ2n) is 2.77. The molecule has 0 aliphatic rings. The van der Waals surface area contributed by atoms with Crippen LogP contribution in [-0.4, -0.2) is 30.6 Å². The number of alkyl halides is 1. The van der Waals surface area contributed by atoms with Crippen molar-refractivity contribution in [3.05, 3.63) is 0 Å². The zero-order valence-electron chi connectivity index (χ0n) is 7.31. The Morgan fingerprint density at radius 3 is 2.64 bits per heavy atom. The van der Waals surface area contributed by atoms with Gasteiger partial charge in [-0.3, -0.25) is 0 Å². The largest absolute Gasteiger partial charge is 0.379 e. The fourth-order valence-electron chi connectivity index (χ4n) is 0.594. The van der Waals surface area contributed by atoms with Gasteiger partial charge in [0.1, 0.15) is 0 Å². The molecule has 0 radical (unpaired) electrons. The van der Waals surface area contributed by atoms with Crippen molar-refractivity contribution in [3.63, 3.8) is 0 Å². The van der Waals surface area contributed by atoms with Crippen molar-refractivity contribution in [1.82, 2.24) is 0 Å². The van der Waals surface area contributed by atoms with Crippen LogP contribution in [0.15, 0.2) is 0 Å². The van der Waals surface area contributed by atoms with Crippen LogP contribution in [0.3, 0.4) is 0 Å². The van der Waals surface area contributed by atoms with Crippen molar-refractivity contribution in [2.75, 3.05) is 30.6 Å². The molecule has 11 heavy (non-hydrogen) atoms. The predicted molar refractivity (Wildman–Crippen MR) is 53.7 cm³/mol. The molecule has 0 aromatic rings. The molecule has 0 spiro atoms. The van der Waals surface area contributed by atoms with E-state index in [0.29, 0.717) is 12.5 Å². The van der Waals surface area contributed by atoms with Crippen LogP contribution >= 0.6 is 23.4 Å². The van der Waals surface area contributed by atoms with Crippen molar-refractivity contribution in [2.45, 2.75) is 13.8 Å². The lowest BCUT2D eigenvalue weighted by Crippen LogP contribution is -2.01. The van der Waals surface area contributed by atoms with E-state index in [1.165, 1.54) is 5.75 Å². The highest BCUT2D eigenvalue weighted by Gasteiger charge is 1.93. The molecule has 1 nitrogen and oxygen atoms in total. The summed E-state index contributed by atoms with van der Waals surface area (Å²) in [7, 11) is 0. The fraction of sp³-hybridized carbons (Fsp3) is 1.00. The molecule has 0 atom stereocenters. The van der Waals surface area contributed by atoms with Gasteiger partial charge in [0.2, 0.25) is 0 Å². The SMILES string of the molecule is CC(C)CSCCOCCCl. The predicted octanol–water partition coefficient (Wildman–Crippen LogP) is 2.63. The first-order chi connectivity index (χ1) is 5.27. The van der Waals surface area contributed by atoms with Crippen LogP contribution in [0.2, 0.25) is 0 Å². The summed E-state index contributed by atoms with van der Waals surface area (Å²) in [6, 6.07) is 0. The van der Waals surface area contributed by atoms with E-state index in [4.69, 9.17) is 16.3 Å². The first-order valence-electron chi connectivity index (χ1n) is 3.98. The van der Waals surface area contributed by atoms with E-state index in [0.717, 1.165) is 18.3 Å². The lowest BCUT2D eigenvalue weighted by atomic mass is 10.3. The van der Waals surface area contributed by atoms with Crippen LogP contribution in [0.25, 0.3) is 0 Å². The van der Waals surface area contributed by atoms with Gasteiger partial charge in [0.15, 0.2) is 0 Å². The Labute approximate surface area is 78.8 Å². The summed E-state index contributed by atoms with van der Waals surface area (Å²) in [6.07, 6.45) is 0. The van der Waals surface area contributed by atoms with Crippen LogP contribution in [0.4, 0.5) is 0 Å². The van der Waals surface area contributed by atoms with Crippen LogP contribution < -0.4 is 0 Å². The molecule has 0 fully saturated rings. The Kier molecular flexibility index (Phi) is 9.17. The van der Waals surface area contributed by atoms with Gasteiger partial charge in [0.05, 0.1) is 13.2 Å². The van der Waals surface area contributed by atoms with Crippen molar-refractivity contribution in [2.24, 2.45) is 5.92 Å². The van der Waals surface area contributed by atoms with E-state index in [1.807, 2.05) is 11.8 Å². The Hall–Kier alpha value is 0.600. The first kappa shape index (κ1) is 11.6. The minimum Gasteiger partial charge on any atom is -0.379 e. The van der Waals surface area contributed by atoms with Crippen molar-refractivity contribution < 1.29 is 4.74 Å². The number of hydrogen-bond acceptors (Lipinski definition) is 2. The number of thioether (sulfide) groups is 1. The molecular weight excluding hydrogens is 180 g/mol. The molecule has 0 aromatic carbocycles. The van der Waals surface area contributed by atoms with E-state index in [1.54, 1.807) is 0 Å². The minimum atomic E-state index is 0.606. The summed E-state index contributed by atoms with van der Waals surface area (Å²) in [6.45, 7) is 5.98. The average Bonchev–Trinajstić information content (AvgIpc) is 1.96. The zero-order valence-corrected chi connectivity index (χ0v) is 8.88. The van der Waals surface area contributed by atoms with Gasteiger partial charge < -0.3 is 4.74 Å². The summed E-state index contributed by atoms with van der Waals surface area (Å²) >= 11 is 7.38. The third-order valence-corrected chi connectivity index (χ3v) is 2.56. The summed E-state index contributed by atoms with van der Waals surface area (Å²) in [5.41, 5.74) is 0. The van der Waals surface area contributed by atoms with E-state index >= 15 is 0 Å². The van der Waals surface area contributed by atoms with Crippen molar-refractivity contribution >= 4 is 23.4 Å². The number of halogens is 1. The van der Waals surface area contributed by atoms with Gasteiger partial charge >= 0.3 is 0 Å². The molecule has 0 amide bonds. The van der Waals surface area contributed by atoms with Gasteiger partial charge in [-0.05, 0) is 11.7 Å². The van der Waals surface area contributed by atoms with Crippen LogP contribution in [0.1, 0.15) is 13.8 Å². The fourth-order valence-corrected chi connectivity index (χ4v) is 1.58. The molecule has 0 aliphatic carbocycles. The Balaban J connectivity index is 2.80. The second kappa shape index (κ2) is 8.69. The van der Waals surface area contributed by atoms with Crippen LogP contribution in [0.5, 0.6) is 0 Å². The third-order valence-electron chi connectivity index (χ3n) is 1.04. The summed E-state index contributed by atoms with van der Waals surface area (Å²) in [5, 5.41) is 0. The standard InChI is InChI=1S/C8H17ClOS/c1-8(2)7-11-6-5-10-4-3-9/h8H,3-7H2,1-2H3. The Morgan fingerprint density at radius 1 is 1.36 bits per heavy atom. The van der Waals surface area contributed by atoms with Gasteiger partial charge in [-0.15, -0.1) is 11.6 Å². The van der Waals surface area contributed by atoms with Gasteiger partial charge in [-0.1, -0.05) is 13.8 Å². The topological polar surface area (TPSA) is 9.23 Å². The monoisotopic (exact) mass is 196 g/mol. The summed E-state index contributed by atoms with van der Waals surface area (Å²) in [5.74, 6) is 3.71. The average molecular weight is 197 g/mol. The zero-order chi connectivity index (χ0) is 8.53. The number of rotatable bonds is 7. The molecule has 0 unspecified atom stereocenters. The van der Waals surface area contributed by atoms with Gasteiger partial charge in [0, 0.05) is 11.6 Å². The maximum absolute atomic E-state index is 5.43. The third kappa shape index (κ3) is 10.6. The van der Waals surface area contributed by atoms with Gasteiger partial charge in [0.25, 0.3) is 0 Å². The number of ether oxygens (including phenoxy) is 1. The molecular formula is C8H17ClOS. The lowest BCUT2D eigenvalue weighted by molar-refractivity contribution is 0.166. The highest BCUT2D eigenvalue weighted by atomic mass is 35.5. The Bertz CT molecular complexity index is 78.5. The molecule has 0 N–H and O–H groups in total. The molecule has 0 aliphatic heterocycles. The van der Waals surface area contributed by atoms with Crippen LogP contribution in [0, 0.1) is 5.92 Å². The molecule has 0 rings (SSSR count). The van der Waals surface area contributed by atoms with E-state index in [9.17, 15) is 0 Å². The summed E-state index contributed by atoms with van der Waals surface area (Å²) in [4.78, 5) is 0. The van der Waals surface area contributed by atoms with E-state index in [2.05, 4.69) is 13.8 Å². The highest BCUT2D eigenvalue weighted by molar-refractivity contribution is 7.99. The summed E-state index contributed by atoms with van der Waals surface area (Å²) < 4.78 is 5.21. The van der Waals surface area contributed by atoms with Gasteiger partial charge in [-0.2, -0.15) is 11.8 Å². The molecule has 68 valence electrons. The lowest BCUT2D eigenvalue weighted by Gasteiger charge is -2.04. The number of hydrogen-bond donors (Lipinski definition) is 0. The molecule has 0 saturated heterocycles.